The number of carbonyl (C=O) groups is 2. The number of hydrogen-bond donors (Lipinski definition) is 1. The number of hydrogen-bond acceptors (Lipinski definition) is 3. The van der Waals surface area contributed by atoms with E-state index in [1.54, 1.807) is 35.2 Å². The van der Waals surface area contributed by atoms with Gasteiger partial charge in [-0.15, -0.1) is 0 Å². The maximum Gasteiger partial charge on any atom is 0.261 e. The molecule has 2 amide bonds. The Labute approximate surface area is 227 Å². The molecule has 0 bridgehead atoms. The number of nitrogens with one attached hydrogen (secondary N) is 1. The molecule has 0 aromatic heterocycles. The van der Waals surface area contributed by atoms with E-state index >= 15 is 0 Å². The van der Waals surface area contributed by atoms with Gasteiger partial charge < -0.3 is 15.0 Å². The van der Waals surface area contributed by atoms with Crippen molar-refractivity contribution >= 4 is 46.6 Å². The Kier molecular flexibility index (Phi) is 9.66. The van der Waals surface area contributed by atoms with Crippen LogP contribution in [0.5, 0.6) is 5.75 Å². The maximum absolute atomic E-state index is 13.6. The Morgan fingerprint density at radius 3 is 2.14 bits per heavy atom. The minimum atomic E-state index is -0.779. The normalized spacial score (nSPS) is 12.1. The molecule has 3 aromatic rings. The molecule has 3 aromatic carbocycles. The van der Waals surface area contributed by atoms with Crippen LogP contribution in [0.2, 0.25) is 15.1 Å². The van der Waals surface area contributed by atoms with Crippen molar-refractivity contribution in [3.63, 3.8) is 0 Å². The third-order valence-electron chi connectivity index (χ3n) is 5.28. The lowest BCUT2D eigenvalue weighted by molar-refractivity contribution is -0.143. The van der Waals surface area contributed by atoms with E-state index in [2.05, 4.69) is 5.32 Å². The molecule has 0 spiro atoms. The van der Waals surface area contributed by atoms with Gasteiger partial charge in [0, 0.05) is 28.5 Å². The highest BCUT2D eigenvalue weighted by molar-refractivity contribution is 6.35. The highest BCUT2D eigenvalue weighted by atomic mass is 35.5. The summed E-state index contributed by atoms with van der Waals surface area (Å²) in [5.74, 6) is -0.279. The van der Waals surface area contributed by atoms with Gasteiger partial charge in [0.2, 0.25) is 5.91 Å². The number of benzene rings is 3. The summed E-state index contributed by atoms with van der Waals surface area (Å²) >= 11 is 18.2. The molecule has 1 N–H and O–H groups in total. The molecule has 0 aliphatic heterocycles. The number of halogens is 3. The van der Waals surface area contributed by atoms with Crippen molar-refractivity contribution in [2.24, 2.45) is 0 Å². The Morgan fingerprint density at radius 2 is 1.53 bits per heavy atom. The Balaban J connectivity index is 1.93. The van der Waals surface area contributed by atoms with Crippen LogP contribution < -0.4 is 10.1 Å². The standard InChI is InChI=1S/C28H29Cl3N2O3/c1-28(2,3)32-27(35)24(15-19-7-5-4-6-8-19)33(17-20-9-11-21(29)12-10-20)26(34)18-36-25-14-13-22(30)16-23(25)31/h4-14,16,24H,15,17-18H2,1-3H3,(H,32,35)/t24-/m0/s1. The van der Waals surface area contributed by atoms with Gasteiger partial charge >= 0.3 is 0 Å². The largest absolute Gasteiger partial charge is 0.482 e. The summed E-state index contributed by atoms with van der Waals surface area (Å²) in [4.78, 5) is 28.7. The molecular formula is C28H29Cl3N2O3. The summed E-state index contributed by atoms with van der Waals surface area (Å²) in [6.07, 6.45) is 0.337. The highest BCUT2D eigenvalue weighted by Gasteiger charge is 2.32. The molecule has 0 unspecified atom stereocenters. The molecule has 5 nitrogen and oxygen atoms in total. The summed E-state index contributed by atoms with van der Waals surface area (Å²) < 4.78 is 5.74. The van der Waals surface area contributed by atoms with Crippen LogP contribution in [-0.4, -0.2) is 34.9 Å². The van der Waals surface area contributed by atoms with Crippen LogP contribution in [0.25, 0.3) is 0 Å². The smallest absolute Gasteiger partial charge is 0.261 e. The Bertz CT molecular complexity index is 1180. The van der Waals surface area contributed by atoms with E-state index in [4.69, 9.17) is 39.5 Å². The first-order valence-corrected chi connectivity index (χ1v) is 12.6. The van der Waals surface area contributed by atoms with E-state index < -0.39 is 11.6 Å². The van der Waals surface area contributed by atoms with Crippen molar-refractivity contribution in [2.45, 2.75) is 45.3 Å². The molecule has 8 heteroatoms. The molecule has 0 saturated carbocycles. The van der Waals surface area contributed by atoms with E-state index in [1.807, 2.05) is 63.2 Å². The van der Waals surface area contributed by atoms with Crippen LogP contribution in [0.15, 0.2) is 72.8 Å². The topological polar surface area (TPSA) is 58.6 Å². The van der Waals surface area contributed by atoms with Crippen LogP contribution >= 0.6 is 34.8 Å². The zero-order valence-electron chi connectivity index (χ0n) is 20.4. The van der Waals surface area contributed by atoms with Crippen molar-refractivity contribution in [3.05, 3.63) is 99.0 Å². The fourth-order valence-electron chi connectivity index (χ4n) is 3.61. The second-order valence-corrected chi connectivity index (χ2v) is 10.7. The Morgan fingerprint density at radius 1 is 0.889 bits per heavy atom. The third-order valence-corrected chi connectivity index (χ3v) is 6.06. The van der Waals surface area contributed by atoms with Gasteiger partial charge in [-0.05, 0) is 62.2 Å². The number of rotatable bonds is 9. The number of ether oxygens (including phenoxy) is 1. The van der Waals surface area contributed by atoms with Crippen LogP contribution in [0.3, 0.4) is 0 Å². The first-order valence-electron chi connectivity index (χ1n) is 11.5. The predicted octanol–water partition coefficient (Wildman–Crippen LogP) is 6.58. The third kappa shape index (κ3) is 8.44. The van der Waals surface area contributed by atoms with Gasteiger partial charge in [-0.2, -0.15) is 0 Å². The molecule has 0 fully saturated rings. The molecule has 0 aliphatic rings. The lowest BCUT2D eigenvalue weighted by Crippen LogP contribution is -2.55. The van der Waals surface area contributed by atoms with E-state index in [0.29, 0.717) is 27.2 Å². The van der Waals surface area contributed by atoms with Gasteiger partial charge in [0.25, 0.3) is 5.91 Å². The fraction of sp³-hybridized carbons (Fsp3) is 0.286. The minimum Gasteiger partial charge on any atom is -0.482 e. The van der Waals surface area contributed by atoms with E-state index in [-0.39, 0.29) is 25.0 Å². The van der Waals surface area contributed by atoms with E-state index in [0.717, 1.165) is 11.1 Å². The van der Waals surface area contributed by atoms with E-state index in [9.17, 15) is 9.59 Å². The minimum absolute atomic E-state index is 0.197. The number of amides is 2. The second kappa shape index (κ2) is 12.5. The number of carbonyl (C=O) groups excluding carboxylic acids is 2. The maximum atomic E-state index is 13.6. The first kappa shape index (κ1) is 27.9. The van der Waals surface area contributed by atoms with E-state index in [1.165, 1.54) is 0 Å². The zero-order chi connectivity index (χ0) is 26.3. The van der Waals surface area contributed by atoms with Crippen LogP contribution in [0.4, 0.5) is 0 Å². The number of nitrogens with zero attached hydrogens (tertiary/aromatic N) is 1. The lowest BCUT2D eigenvalue weighted by Gasteiger charge is -2.33. The molecular weight excluding hydrogens is 519 g/mol. The monoisotopic (exact) mass is 546 g/mol. The van der Waals surface area contributed by atoms with Gasteiger partial charge in [-0.25, -0.2) is 0 Å². The van der Waals surface area contributed by atoms with Crippen LogP contribution in [0.1, 0.15) is 31.9 Å². The molecule has 3 rings (SSSR count). The van der Waals surface area contributed by atoms with Crippen molar-refractivity contribution in [1.82, 2.24) is 10.2 Å². The summed E-state index contributed by atoms with van der Waals surface area (Å²) in [5, 5.41) is 4.37. The molecule has 0 heterocycles. The molecule has 1 atom stereocenters. The van der Waals surface area contributed by atoms with Gasteiger partial charge in [-0.3, -0.25) is 9.59 Å². The summed E-state index contributed by atoms with van der Waals surface area (Å²) in [6, 6.07) is 20.8. The highest BCUT2D eigenvalue weighted by Crippen LogP contribution is 2.27. The lowest BCUT2D eigenvalue weighted by atomic mass is 10.0. The fourth-order valence-corrected chi connectivity index (χ4v) is 4.20. The molecule has 0 radical (unpaired) electrons. The molecule has 0 saturated heterocycles. The average molecular weight is 548 g/mol. The second-order valence-electron chi connectivity index (χ2n) is 9.46. The van der Waals surface area contributed by atoms with Crippen molar-refractivity contribution < 1.29 is 14.3 Å². The van der Waals surface area contributed by atoms with Crippen molar-refractivity contribution in [1.29, 1.82) is 0 Å². The summed E-state index contributed by atoms with van der Waals surface area (Å²) in [5.41, 5.74) is 1.29. The SMILES string of the molecule is CC(C)(C)NC(=O)[C@H](Cc1ccccc1)N(Cc1ccc(Cl)cc1)C(=O)COc1ccc(Cl)cc1Cl. The van der Waals surface area contributed by atoms with Gasteiger partial charge in [-0.1, -0.05) is 77.3 Å². The first-order chi connectivity index (χ1) is 17.0. The predicted molar refractivity (Wildman–Crippen MR) is 146 cm³/mol. The Hall–Kier alpha value is -2.73. The summed E-state index contributed by atoms with van der Waals surface area (Å²) in [6.45, 7) is 5.61. The van der Waals surface area contributed by atoms with Gasteiger partial charge in [0.1, 0.15) is 11.8 Å². The molecule has 190 valence electrons. The van der Waals surface area contributed by atoms with Crippen LogP contribution in [0, 0.1) is 0 Å². The van der Waals surface area contributed by atoms with Gasteiger partial charge in [0.05, 0.1) is 5.02 Å². The van der Waals surface area contributed by atoms with Crippen LogP contribution in [-0.2, 0) is 22.6 Å². The molecule has 0 aliphatic carbocycles. The average Bonchev–Trinajstić information content (AvgIpc) is 2.81. The van der Waals surface area contributed by atoms with Crippen molar-refractivity contribution in [3.8, 4) is 5.75 Å². The van der Waals surface area contributed by atoms with Crippen molar-refractivity contribution in [2.75, 3.05) is 6.61 Å². The summed E-state index contributed by atoms with van der Waals surface area (Å²) in [7, 11) is 0. The molecule has 36 heavy (non-hydrogen) atoms. The quantitative estimate of drug-likeness (QED) is 0.329. The zero-order valence-corrected chi connectivity index (χ0v) is 22.7. The van der Waals surface area contributed by atoms with Gasteiger partial charge in [0.15, 0.2) is 6.61 Å².